The van der Waals surface area contributed by atoms with Crippen LogP contribution in [0.25, 0.3) is 11.1 Å². The van der Waals surface area contributed by atoms with Gasteiger partial charge >= 0.3 is 12.1 Å². The summed E-state index contributed by atoms with van der Waals surface area (Å²) in [7, 11) is 0. The van der Waals surface area contributed by atoms with Gasteiger partial charge in [0.25, 0.3) is 0 Å². The molecule has 244 valence electrons. The number of hydrogen-bond acceptors (Lipinski definition) is 8. The normalized spacial score (nSPS) is 14.9. The van der Waals surface area contributed by atoms with Gasteiger partial charge in [-0.3, -0.25) is 14.4 Å². The molecule has 4 N–H and O–H groups in total. The summed E-state index contributed by atoms with van der Waals surface area (Å²) in [4.78, 5) is 63.6. The molecule has 1 aliphatic carbocycles. The molecule has 0 heterocycles. The van der Waals surface area contributed by atoms with E-state index in [9.17, 15) is 24.0 Å². The van der Waals surface area contributed by atoms with Crippen LogP contribution in [-0.2, 0) is 28.7 Å². The minimum absolute atomic E-state index is 0.0992. The second-order valence-electron chi connectivity index (χ2n) is 12.0. The van der Waals surface area contributed by atoms with Gasteiger partial charge in [-0.2, -0.15) is 11.8 Å². The number of thioether (sulfide) groups is 1. The number of fused-ring (bicyclic) bond motifs is 3. The van der Waals surface area contributed by atoms with Crippen LogP contribution in [0.15, 0.2) is 48.5 Å². The number of esters is 1. The average molecular weight is 641 g/mol. The van der Waals surface area contributed by atoms with Crippen molar-refractivity contribution in [1.29, 1.82) is 0 Å². The Balaban J connectivity index is 1.53. The lowest BCUT2D eigenvalue weighted by molar-refractivity contribution is -0.158. The average Bonchev–Trinajstić information content (AvgIpc) is 3.30. The maximum Gasteiger partial charge on any atom is 0.407 e. The Morgan fingerprint density at radius 2 is 1.24 bits per heavy atom. The molecule has 0 fully saturated rings. The molecule has 0 saturated heterocycles. The fourth-order valence-electron chi connectivity index (χ4n) is 4.86. The summed E-state index contributed by atoms with van der Waals surface area (Å²) in [5.74, 6) is -1.91. The lowest BCUT2D eigenvalue weighted by Crippen LogP contribution is -2.56. The molecule has 0 aliphatic heterocycles. The Kier molecular flexibility index (Phi) is 12.4. The van der Waals surface area contributed by atoms with Crippen LogP contribution in [0, 0.1) is 0 Å². The predicted octanol–water partition coefficient (Wildman–Crippen LogP) is 3.50. The molecule has 0 spiro atoms. The zero-order valence-electron chi connectivity index (χ0n) is 26.9. The van der Waals surface area contributed by atoms with E-state index in [1.54, 1.807) is 20.8 Å². The first kappa shape index (κ1) is 35.4. The minimum atomic E-state index is -1.02. The van der Waals surface area contributed by atoms with Gasteiger partial charge in [-0.15, -0.1) is 0 Å². The Labute approximate surface area is 269 Å². The number of alkyl carbamates (subject to hydrolysis) is 1. The number of amides is 4. The van der Waals surface area contributed by atoms with Crippen molar-refractivity contribution in [3.8, 4) is 11.1 Å². The third-order valence-electron chi connectivity index (χ3n) is 7.19. The molecule has 0 aromatic heterocycles. The lowest BCUT2D eigenvalue weighted by atomic mass is 9.98. The molecule has 0 saturated carbocycles. The second-order valence-corrected chi connectivity index (χ2v) is 13.0. The smallest absolute Gasteiger partial charge is 0.407 e. The third kappa shape index (κ3) is 9.97. The number of nitrogens with one attached hydrogen (secondary N) is 4. The molecule has 4 amide bonds. The molecule has 45 heavy (non-hydrogen) atoms. The van der Waals surface area contributed by atoms with Crippen molar-refractivity contribution >= 4 is 41.5 Å². The third-order valence-corrected chi connectivity index (χ3v) is 7.83. The molecule has 3 rings (SSSR count). The van der Waals surface area contributed by atoms with Gasteiger partial charge in [0.15, 0.2) is 0 Å². The molecule has 2 aromatic rings. The molecule has 4 atom stereocenters. The van der Waals surface area contributed by atoms with E-state index in [0.29, 0.717) is 12.2 Å². The number of benzene rings is 2. The number of carbonyl (C=O) groups is 5. The van der Waals surface area contributed by atoms with Crippen molar-refractivity contribution in [3.05, 3.63) is 59.7 Å². The molecule has 2 aromatic carbocycles. The summed E-state index contributed by atoms with van der Waals surface area (Å²) in [5, 5.41) is 10.3. The number of carbonyl (C=O) groups excluding carboxylic acids is 5. The first-order valence-corrected chi connectivity index (χ1v) is 16.4. The fraction of sp³-hybridized carbons (Fsp3) is 0.485. The lowest BCUT2D eigenvalue weighted by Gasteiger charge is -2.24. The van der Waals surface area contributed by atoms with Gasteiger partial charge in [0, 0.05) is 5.92 Å². The molecular formula is C33H44N4O7S. The largest absolute Gasteiger partial charge is 0.458 e. The van der Waals surface area contributed by atoms with Gasteiger partial charge < -0.3 is 30.7 Å². The molecule has 1 aliphatic rings. The Morgan fingerprint density at radius 3 is 1.76 bits per heavy atom. The summed E-state index contributed by atoms with van der Waals surface area (Å²) >= 11 is 1.51. The van der Waals surface area contributed by atoms with Crippen LogP contribution in [0.2, 0.25) is 0 Å². The molecular weight excluding hydrogens is 596 g/mol. The minimum Gasteiger partial charge on any atom is -0.458 e. The molecule has 0 bridgehead atoms. The van der Waals surface area contributed by atoms with E-state index in [2.05, 4.69) is 21.3 Å². The standard InChI is InChI=1S/C33H44N4O7S/c1-19(29(39)36-21(3)31(41)44-33(4,5)6)34-28(38)20(2)35-30(40)27(16-17-45-7)37-32(42)43-18-26-24-14-10-8-12-22(24)23-13-9-11-15-25(23)26/h8-15,19-21,26-27H,16-18H2,1-7H3,(H,34,38)(H,35,40)(H,36,39)(H,37,42)/t19-,20-,21-,27-/m0/s1. The number of hydrogen-bond donors (Lipinski definition) is 4. The second kappa shape index (κ2) is 15.8. The summed E-state index contributed by atoms with van der Waals surface area (Å²) in [6, 6.07) is 12.1. The molecule has 0 radical (unpaired) electrons. The zero-order chi connectivity index (χ0) is 33.3. The SMILES string of the molecule is CSCC[C@H](NC(=O)OCC1c2ccccc2-c2ccccc21)C(=O)N[C@@H](C)C(=O)N[C@@H](C)C(=O)N[C@@H](C)C(=O)OC(C)(C)C. The number of ether oxygens (including phenoxy) is 2. The zero-order valence-corrected chi connectivity index (χ0v) is 27.7. The Hall–Kier alpha value is -4.06. The number of rotatable bonds is 13. The highest BCUT2D eigenvalue weighted by atomic mass is 32.2. The van der Waals surface area contributed by atoms with E-state index >= 15 is 0 Å². The van der Waals surface area contributed by atoms with E-state index in [4.69, 9.17) is 9.47 Å². The highest BCUT2D eigenvalue weighted by molar-refractivity contribution is 7.98. The van der Waals surface area contributed by atoms with Crippen molar-refractivity contribution in [3.63, 3.8) is 0 Å². The van der Waals surface area contributed by atoms with Crippen molar-refractivity contribution in [2.24, 2.45) is 0 Å². The van der Waals surface area contributed by atoms with Gasteiger partial charge in [-0.25, -0.2) is 9.59 Å². The van der Waals surface area contributed by atoms with Crippen molar-refractivity contribution in [1.82, 2.24) is 21.3 Å². The van der Waals surface area contributed by atoms with Gasteiger partial charge in [0.2, 0.25) is 17.7 Å². The quantitative estimate of drug-likeness (QED) is 0.243. The summed E-state index contributed by atoms with van der Waals surface area (Å²) < 4.78 is 10.9. The highest BCUT2D eigenvalue weighted by Gasteiger charge is 2.31. The van der Waals surface area contributed by atoms with Crippen LogP contribution in [0.1, 0.15) is 65.0 Å². The highest BCUT2D eigenvalue weighted by Crippen LogP contribution is 2.44. The summed E-state index contributed by atoms with van der Waals surface area (Å²) in [6.07, 6.45) is 1.46. The first-order valence-electron chi connectivity index (χ1n) is 15.0. The summed E-state index contributed by atoms with van der Waals surface area (Å²) in [6.45, 7) is 9.68. The van der Waals surface area contributed by atoms with Crippen LogP contribution in [-0.4, -0.2) is 78.2 Å². The van der Waals surface area contributed by atoms with Gasteiger partial charge in [0.1, 0.15) is 36.4 Å². The summed E-state index contributed by atoms with van der Waals surface area (Å²) in [5.41, 5.74) is 3.65. The van der Waals surface area contributed by atoms with Gasteiger partial charge in [-0.05, 0) is 82.2 Å². The van der Waals surface area contributed by atoms with E-state index in [1.807, 2.05) is 54.8 Å². The first-order chi connectivity index (χ1) is 21.2. The Morgan fingerprint density at radius 1 is 0.756 bits per heavy atom. The van der Waals surface area contributed by atoms with Crippen molar-refractivity contribution in [2.45, 2.75) is 83.6 Å². The van der Waals surface area contributed by atoms with Crippen LogP contribution in [0.4, 0.5) is 4.79 Å². The monoisotopic (exact) mass is 640 g/mol. The van der Waals surface area contributed by atoms with E-state index in [0.717, 1.165) is 22.3 Å². The van der Waals surface area contributed by atoms with Crippen LogP contribution >= 0.6 is 11.8 Å². The van der Waals surface area contributed by atoms with Crippen LogP contribution in [0.5, 0.6) is 0 Å². The van der Waals surface area contributed by atoms with E-state index in [1.165, 1.54) is 32.5 Å². The predicted molar refractivity (Wildman–Crippen MR) is 174 cm³/mol. The molecule has 12 heteroatoms. The van der Waals surface area contributed by atoms with E-state index < -0.39 is 59.6 Å². The van der Waals surface area contributed by atoms with Crippen LogP contribution in [0.3, 0.4) is 0 Å². The fourth-order valence-corrected chi connectivity index (χ4v) is 5.33. The van der Waals surface area contributed by atoms with Gasteiger partial charge in [0.05, 0.1) is 0 Å². The van der Waals surface area contributed by atoms with E-state index in [-0.39, 0.29) is 12.5 Å². The van der Waals surface area contributed by atoms with Crippen molar-refractivity contribution in [2.75, 3.05) is 18.6 Å². The van der Waals surface area contributed by atoms with Crippen molar-refractivity contribution < 1.29 is 33.4 Å². The molecule has 11 nitrogen and oxygen atoms in total. The maximum atomic E-state index is 13.1. The topological polar surface area (TPSA) is 152 Å². The Bertz CT molecular complexity index is 1350. The van der Waals surface area contributed by atoms with Gasteiger partial charge in [-0.1, -0.05) is 48.5 Å². The molecule has 0 unspecified atom stereocenters. The van der Waals surface area contributed by atoms with Crippen LogP contribution < -0.4 is 21.3 Å². The maximum absolute atomic E-state index is 13.1.